The minimum absolute atomic E-state index is 0.0135. The quantitative estimate of drug-likeness (QED) is 0.591. The normalized spacial score (nSPS) is 11.8. The summed E-state index contributed by atoms with van der Waals surface area (Å²) in [5.74, 6) is -0.351. The van der Waals surface area contributed by atoms with Gasteiger partial charge in [-0.05, 0) is 12.8 Å². The van der Waals surface area contributed by atoms with Gasteiger partial charge in [0, 0.05) is 19.5 Å². The van der Waals surface area contributed by atoms with Crippen LogP contribution in [-0.2, 0) is 19.6 Å². The fourth-order valence-electron chi connectivity index (χ4n) is 1.46. The summed E-state index contributed by atoms with van der Waals surface area (Å²) in [5.41, 5.74) is 0. The molecule has 102 valence electrons. The van der Waals surface area contributed by atoms with E-state index >= 15 is 0 Å². The van der Waals surface area contributed by atoms with Crippen LogP contribution in [0.1, 0.15) is 39.5 Å². The topological polar surface area (TPSA) is 63.7 Å². The van der Waals surface area contributed by atoms with Crippen LogP contribution in [0, 0.1) is 0 Å². The van der Waals surface area contributed by atoms with Gasteiger partial charge in [0.25, 0.3) is 0 Å². The third kappa shape index (κ3) is 6.63. The summed E-state index contributed by atoms with van der Waals surface area (Å²) in [6.07, 6.45) is 2.30. The molecule has 0 saturated carbocycles. The van der Waals surface area contributed by atoms with E-state index in [0.717, 1.165) is 12.8 Å². The number of rotatable bonds is 9. The zero-order chi connectivity index (χ0) is 13.3. The van der Waals surface area contributed by atoms with Gasteiger partial charge in [0.15, 0.2) is 0 Å². The number of ether oxygens (including phenoxy) is 1. The summed E-state index contributed by atoms with van der Waals surface area (Å²) >= 11 is 0. The predicted octanol–water partition coefficient (Wildman–Crippen LogP) is 1.39. The van der Waals surface area contributed by atoms with Crippen molar-refractivity contribution in [3.63, 3.8) is 0 Å². The number of carbonyl (C=O) groups excluding carboxylic acids is 1. The molecule has 0 amide bonds. The SMILES string of the molecule is CCCCN(CC)S(=O)(=O)CCCC(=O)OC. The Morgan fingerprint density at radius 3 is 2.35 bits per heavy atom. The van der Waals surface area contributed by atoms with Gasteiger partial charge in [0.2, 0.25) is 10.0 Å². The average Bonchev–Trinajstić information content (AvgIpc) is 2.29. The molecule has 0 saturated heterocycles. The van der Waals surface area contributed by atoms with Crippen LogP contribution < -0.4 is 0 Å². The van der Waals surface area contributed by atoms with Crippen molar-refractivity contribution >= 4 is 16.0 Å². The van der Waals surface area contributed by atoms with Crippen molar-refractivity contribution in [2.75, 3.05) is 26.0 Å². The highest BCUT2D eigenvalue weighted by Crippen LogP contribution is 2.07. The first-order valence-electron chi connectivity index (χ1n) is 6.02. The summed E-state index contributed by atoms with van der Waals surface area (Å²) < 4.78 is 29.8. The molecule has 0 aromatic carbocycles. The summed E-state index contributed by atoms with van der Waals surface area (Å²) in [7, 11) is -1.92. The van der Waals surface area contributed by atoms with Gasteiger partial charge in [-0.2, -0.15) is 0 Å². The van der Waals surface area contributed by atoms with E-state index in [1.54, 1.807) is 0 Å². The van der Waals surface area contributed by atoms with E-state index in [1.807, 2.05) is 13.8 Å². The Morgan fingerprint density at radius 1 is 1.24 bits per heavy atom. The lowest BCUT2D eigenvalue weighted by atomic mass is 10.3. The first kappa shape index (κ1) is 16.4. The molecule has 0 aromatic heterocycles. The Hall–Kier alpha value is -0.620. The van der Waals surface area contributed by atoms with Gasteiger partial charge < -0.3 is 4.74 Å². The molecule has 0 rings (SSSR count). The van der Waals surface area contributed by atoms with Crippen molar-refractivity contribution in [3.8, 4) is 0 Å². The molecule has 0 heterocycles. The average molecular weight is 265 g/mol. The first-order chi connectivity index (χ1) is 7.97. The Morgan fingerprint density at radius 2 is 1.88 bits per heavy atom. The van der Waals surface area contributed by atoms with Crippen molar-refractivity contribution in [3.05, 3.63) is 0 Å². The molecule has 0 spiro atoms. The van der Waals surface area contributed by atoms with E-state index in [0.29, 0.717) is 19.5 Å². The molecule has 0 radical (unpaired) electrons. The van der Waals surface area contributed by atoms with E-state index < -0.39 is 10.0 Å². The molecule has 0 bridgehead atoms. The maximum absolute atomic E-state index is 11.9. The Bertz CT molecular complexity index is 313. The number of hydrogen-bond acceptors (Lipinski definition) is 4. The van der Waals surface area contributed by atoms with Crippen LogP contribution in [0.5, 0.6) is 0 Å². The second kappa shape index (κ2) is 8.47. The number of unbranched alkanes of at least 4 members (excludes halogenated alkanes) is 1. The van der Waals surface area contributed by atoms with Gasteiger partial charge >= 0.3 is 5.97 Å². The summed E-state index contributed by atoms with van der Waals surface area (Å²) in [5, 5.41) is 0. The highest BCUT2D eigenvalue weighted by Gasteiger charge is 2.19. The van der Waals surface area contributed by atoms with Crippen LogP contribution >= 0.6 is 0 Å². The third-order valence-corrected chi connectivity index (χ3v) is 4.55. The van der Waals surface area contributed by atoms with E-state index in [-0.39, 0.29) is 18.1 Å². The molecule has 0 aliphatic heterocycles. The molecule has 0 aromatic rings. The van der Waals surface area contributed by atoms with Gasteiger partial charge in [-0.25, -0.2) is 12.7 Å². The molecule has 0 atom stereocenters. The molecular weight excluding hydrogens is 242 g/mol. The number of carbonyl (C=O) groups is 1. The second-order valence-corrected chi connectivity index (χ2v) is 5.93. The minimum Gasteiger partial charge on any atom is -0.469 e. The lowest BCUT2D eigenvalue weighted by Crippen LogP contribution is -2.33. The monoisotopic (exact) mass is 265 g/mol. The number of methoxy groups -OCH3 is 1. The van der Waals surface area contributed by atoms with Crippen LogP contribution in [-0.4, -0.2) is 44.6 Å². The van der Waals surface area contributed by atoms with E-state index in [2.05, 4.69) is 4.74 Å². The molecule has 6 heteroatoms. The van der Waals surface area contributed by atoms with Crippen molar-refractivity contribution in [2.24, 2.45) is 0 Å². The van der Waals surface area contributed by atoms with Crippen molar-refractivity contribution in [1.82, 2.24) is 4.31 Å². The summed E-state index contributed by atoms with van der Waals surface area (Å²) in [4.78, 5) is 10.9. The molecule has 0 N–H and O–H groups in total. The number of hydrogen-bond donors (Lipinski definition) is 0. The van der Waals surface area contributed by atoms with Crippen LogP contribution in [0.3, 0.4) is 0 Å². The summed E-state index contributed by atoms with van der Waals surface area (Å²) in [6.45, 7) is 4.90. The fraction of sp³-hybridized carbons (Fsp3) is 0.909. The number of esters is 1. The Labute approximate surface area is 104 Å². The van der Waals surface area contributed by atoms with E-state index in [9.17, 15) is 13.2 Å². The minimum atomic E-state index is -3.22. The Balaban J connectivity index is 4.19. The number of nitrogens with zero attached hydrogens (tertiary/aromatic N) is 1. The molecule has 17 heavy (non-hydrogen) atoms. The zero-order valence-electron chi connectivity index (χ0n) is 10.9. The predicted molar refractivity (Wildman–Crippen MR) is 67.2 cm³/mol. The van der Waals surface area contributed by atoms with Crippen LogP contribution in [0.4, 0.5) is 0 Å². The third-order valence-electron chi connectivity index (χ3n) is 2.52. The lowest BCUT2D eigenvalue weighted by molar-refractivity contribution is -0.140. The van der Waals surface area contributed by atoms with Crippen LogP contribution in [0.25, 0.3) is 0 Å². The molecule has 0 unspecified atom stereocenters. The van der Waals surface area contributed by atoms with Gasteiger partial charge in [-0.15, -0.1) is 0 Å². The molecule has 5 nitrogen and oxygen atoms in total. The number of sulfonamides is 1. The van der Waals surface area contributed by atoms with Gasteiger partial charge in [0.05, 0.1) is 12.9 Å². The largest absolute Gasteiger partial charge is 0.469 e. The highest BCUT2D eigenvalue weighted by molar-refractivity contribution is 7.89. The highest BCUT2D eigenvalue weighted by atomic mass is 32.2. The van der Waals surface area contributed by atoms with Crippen molar-refractivity contribution in [2.45, 2.75) is 39.5 Å². The Kier molecular flexibility index (Phi) is 8.16. The molecule has 0 fully saturated rings. The first-order valence-corrected chi connectivity index (χ1v) is 7.63. The standard InChI is InChI=1S/C11H23NO4S/c1-4-6-9-12(5-2)17(14,15)10-7-8-11(13)16-3/h4-10H2,1-3H3. The fourth-order valence-corrected chi connectivity index (χ4v) is 3.03. The second-order valence-electron chi connectivity index (χ2n) is 3.84. The van der Waals surface area contributed by atoms with Crippen LogP contribution in [0.15, 0.2) is 0 Å². The molecule has 0 aliphatic rings. The zero-order valence-corrected chi connectivity index (χ0v) is 11.8. The van der Waals surface area contributed by atoms with E-state index in [4.69, 9.17) is 0 Å². The van der Waals surface area contributed by atoms with Crippen molar-refractivity contribution in [1.29, 1.82) is 0 Å². The van der Waals surface area contributed by atoms with Gasteiger partial charge in [-0.3, -0.25) is 4.79 Å². The van der Waals surface area contributed by atoms with E-state index in [1.165, 1.54) is 11.4 Å². The van der Waals surface area contributed by atoms with Crippen LogP contribution in [0.2, 0.25) is 0 Å². The lowest BCUT2D eigenvalue weighted by Gasteiger charge is -2.19. The molecular formula is C11H23NO4S. The van der Waals surface area contributed by atoms with Gasteiger partial charge in [-0.1, -0.05) is 20.3 Å². The summed E-state index contributed by atoms with van der Waals surface area (Å²) in [6, 6.07) is 0. The maximum Gasteiger partial charge on any atom is 0.305 e. The van der Waals surface area contributed by atoms with Gasteiger partial charge in [0.1, 0.15) is 0 Å². The smallest absolute Gasteiger partial charge is 0.305 e. The van der Waals surface area contributed by atoms with Crippen molar-refractivity contribution < 1.29 is 17.9 Å². The molecule has 0 aliphatic carbocycles. The maximum atomic E-state index is 11.9.